The van der Waals surface area contributed by atoms with Crippen LogP contribution in [-0.2, 0) is 9.84 Å². The average Bonchev–Trinajstić information content (AvgIpc) is 2.27. The van der Waals surface area contributed by atoms with Crippen LogP contribution in [-0.4, -0.2) is 14.2 Å². The number of sulfone groups is 1. The van der Waals surface area contributed by atoms with E-state index in [4.69, 9.17) is 0 Å². The smallest absolute Gasteiger partial charge is 0.178 e. The minimum atomic E-state index is -3.08. The summed E-state index contributed by atoms with van der Waals surface area (Å²) in [7, 11) is -3.08. The van der Waals surface area contributed by atoms with E-state index in [1.807, 2.05) is 19.9 Å². The Hall–Kier alpha value is -0.830. The summed E-state index contributed by atoms with van der Waals surface area (Å²) >= 11 is 0. The molecule has 0 bridgehead atoms. The quantitative estimate of drug-likeness (QED) is 0.773. The van der Waals surface area contributed by atoms with Gasteiger partial charge in [0.2, 0.25) is 0 Å². The molecule has 0 aromatic heterocycles. The molecule has 0 heterocycles. The zero-order valence-corrected chi connectivity index (χ0v) is 10.1. The first kappa shape index (κ1) is 12.2. The molecule has 84 valence electrons. The van der Waals surface area contributed by atoms with Crippen LogP contribution in [0.4, 0.5) is 0 Å². The van der Waals surface area contributed by atoms with Crippen LogP contribution in [0.5, 0.6) is 0 Å². The Bertz CT molecular complexity index is 377. The van der Waals surface area contributed by atoms with E-state index < -0.39 is 9.84 Å². The molecule has 1 aromatic carbocycles. The van der Waals surface area contributed by atoms with Gasteiger partial charge in [0, 0.05) is 0 Å². The molecule has 3 heteroatoms. The van der Waals surface area contributed by atoms with E-state index in [1.54, 1.807) is 24.3 Å². The molecule has 15 heavy (non-hydrogen) atoms. The van der Waals surface area contributed by atoms with Crippen molar-refractivity contribution in [3.05, 3.63) is 30.3 Å². The molecular formula is C12H18O2S. The standard InChI is InChI=1S/C12H18O2S/c1-3-11(4-2)10-15(13,14)12-8-6-5-7-9-12/h5-9,11H,3-4,10H2,1-2H3. The summed E-state index contributed by atoms with van der Waals surface area (Å²) in [5, 5.41) is 0. The summed E-state index contributed by atoms with van der Waals surface area (Å²) < 4.78 is 23.9. The first-order chi connectivity index (χ1) is 7.10. The molecule has 0 radical (unpaired) electrons. The van der Waals surface area contributed by atoms with Gasteiger partial charge in [0.1, 0.15) is 0 Å². The summed E-state index contributed by atoms with van der Waals surface area (Å²) in [5.41, 5.74) is 0. The Morgan fingerprint density at radius 1 is 1.07 bits per heavy atom. The zero-order valence-electron chi connectivity index (χ0n) is 9.31. The summed E-state index contributed by atoms with van der Waals surface area (Å²) in [6.07, 6.45) is 1.84. The van der Waals surface area contributed by atoms with E-state index in [1.165, 1.54) is 0 Å². The second-order valence-electron chi connectivity index (χ2n) is 3.78. The third-order valence-electron chi connectivity index (χ3n) is 2.71. The minimum absolute atomic E-state index is 0.268. The van der Waals surface area contributed by atoms with Gasteiger partial charge in [0.25, 0.3) is 0 Å². The fourth-order valence-electron chi connectivity index (χ4n) is 1.56. The Labute approximate surface area is 92.2 Å². The maximum absolute atomic E-state index is 12.0. The van der Waals surface area contributed by atoms with Gasteiger partial charge < -0.3 is 0 Å². The van der Waals surface area contributed by atoms with Crippen molar-refractivity contribution >= 4 is 9.84 Å². The van der Waals surface area contributed by atoms with Gasteiger partial charge in [0.05, 0.1) is 10.6 Å². The van der Waals surface area contributed by atoms with Crippen molar-refractivity contribution in [2.75, 3.05) is 5.75 Å². The van der Waals surface area contributed by atoms with Gasteiger partial charge >= 0.3 is 0 Å². The molecule has 0 N–H and O–H groups in total. The largest absolute Gasteiger partial charge is 0.224 e. The molecule has 0 unspecified atom stereocenters. The maximum atomic E-state index is 12.0. The normalized spacial score (nSPS) is 11.9. The zero-order chi connectivity index (χ0) is 11.3. The summed E-state index contributed by atoms with van der Waals surface area (Å²) in [6.45, 7) is 4.07. The highest BCUT2D eigenvalue weighted by Crippen LogP contribution is 2.17. The van der Waals surface area contributed by atoms with Crippen molar-refractivity contribution < 1.29 is 8.42 Å². The Morgan fingerprint density at radius 2 is 1.60 bits per heavy atom. The van der Waals surface area contributed by atoms with Crippen LogP contribution in [0.1, 0.15) is 26.7 Å². The Kier molecular flexibility index (Phi) is 4.33. The molecule has 1 rings (SSSR count). The minimum Gasteiger partial charge on any atom is -0.224 e. The van der Waals surface area contributed by atoms with E-state index in [0.29, 0.717) is 4.90 Å². The van der Waals surface area contributed by atoms with Gasteiger partial charge in [0.15, 0.2) is 9.84 Å². The number of benzene rings is 1. The highest BCUT2D eigenvalue weighted by molar-refractivity contribution is 7.91. The number of hydrogen-bond acceptors (Lipinski definition) is 2. The molecule has 0 amide bonds. The van der Waals surface area contributed by atoms with Gasteiger partial charge in [-0.25, -0.2) is 8.42 Å². The van der Waals surface area contributed by atoms with Gasteiger partial charge in [-0.2, -0.15) is 0 Å². The lowest BCUT2D eigenvalue weighted by Crippen LogP contribution is -2.15. The molecule has 0 aliphatic carbocycles. The van der Waals surface area contributed by atoms with E-state index in [2.05, 4.69) is 0 Å². The number of hydrogen-bond donors (Lipinski definition) is 0. The SMILES string of the molecule is CCC(CC)CS(=O)(=O)c1ccccc1. The molecule has 2 nitrogen and oxygen atoms in total. The van der Waals surface area contributed by atoms with Gasteiger partial charge in [-0.1, -0.05) is 44.9 Å². The van der Waals surface area contributed by atoms with Crippen LogP contribution in [0.25, 0.3) is 0 Å². The third-order valence-corrected chi connectivity index (χ3v) is 4.61. The second kappa shape index (κ2) is 5.31. The lowest BCUT2D eigenvalue weighted by molar-refractivity contribution is 0.523. The highest BCUT2D eigenvalue weighted by Gasteiger charge is 2.18. The Morgan fingerprint density at radius 3 is 2.07 bits per heavy atom. The maximum Gasteiger partial charge on any atom is 0.178 e. The van der Waals surface area contributed by atoms with E-state index in [-0.39, 0.29) is 11.7 Å². The van der Waals surface area contributed by atoms with Crippen LogP contribution < -0.4 is 0 Å². The monoisotopic (exact) mass is 226 g/mol. The first-order valence-corrected chi connectivity index (χ1v) is 7.03. The fraction of sp³-hybridized carbons (Fsp3) is 0.500. The van der Waals surface area contributed by atoms with Crippen molar-refractivity contribution in [3.8, 4) is 0 Å². The molecule has 0 saturated carbocycles. The number of rotatable bonds is 5. The second-order valence-corrected chi connectivity index (χ2v) is 5.81. The van der Waals surface area contributed by atoms with Gasteiger partial charge in [-0.05, 0) is 18.1 Å². The topological polar surface area (TPSA) is 34.1 Å². The molecular weight excluding hydrogens is 208 g/mol. The van der Waals surface area contributed by atoms with Crippen molar-refractivity contribution in [1.82, 2.24) is 0 Å². The van der Waals surface area contributed by atoms with Crippen LogP contribution in [0, 0.1) is 5.92 Å². The first-order valence-electron chi connectivity index (χ1n) is 5.38. The van der Waals surface area contributed by atoms with Crippen LogP contribution in [0.3, 0.4) is 0 Å². The van der Waals surface area contributed by atoms with E-state index in [9.17, 15) is 8.42 Å². The van der Waals surface area contributed by atoms with E-state index in [0.717, 1.165) is 12.8 Å². The Balaban J connectivity index is 2.85. The van der Waals surface area contributed by atoms with Gasteiger partial charge in [-0.15, -0.1) is 0 Å². The fourth-order valence-corrected chi connectivity index (χ4v) is 3.41. The van der Waals surface area contributed by atoms with Crippen molar-refractivity contribution in [2.45, 2.75) is 31.6 Å². The molecule has 0 aliphatic rings. The molecule has 1 aromatic rings. The molecule has 0 spiro atoms. The third kappa shape index (κ3) is 3.34. The molecule has 0 saturated heterocycles. The van der Waals surface area contributed by atoms with E-state index >= 15 is 0 Å². The summed E-state index contributed by atoms with van der Waals surface area (Å²) in [5.74, 6) is 0.541. The van der Waals surface area contributed by atoms with Crippen LogP contribution in [0.15, 0.2) is 35.2 Å². The highest BCUT2D eigenvalue weighted by atomic mass is 32.2. The van der Waals surface area contributed by atoms with Crippen LogP contribution in [0.2, 0.25) is 0 Å². The lowest BCUT2D eigenvalue weighted by atomic mass is 10.1. The van der Waals surface area contributed by atoms with Crippen molar-refractivity contribution in [3.63, 3.8) is 0 Å². The average molecular weight is 226 g/mol. The summed E-state index contributed by atoms with van der Waals surface area (Å²) in [4.78, 5) is 0.442. The van der Waals surface area contributed by atoms with Crippen LogP contribution >= 0.6 is 0 Å². The summed E-state index contributed by atoms with van der Waals surface area (Å²) in [6, 6.07) is 8.69. The van der Waals surface area contributed by atoms with Crippen molar-refractivity contribution in [2.24, 2.45) is 5.92 Å². The molecule has 0 fully saturated rings. The lowest BCUT2D eigenvalue weighted by Gasteiger charge is -2.12. The van der Waals surface area contributed by atoms with Crippen molar-refractivity contribution in [1.29, 1.82) is 0 Å². The molecule has 0 aliphatic heterocycles. The molecule has 0 atom stereocenters. The predicted octanol–water partition coefficient (Wildman–Crippen LogP) is 2.90. The predicted molar refractivity (Wildman–Crippen MR) is 62.6 cm³/mol. The van der Waals surface area contributed by atoms with Gasteiger partial charge in [-0.3, -0.25) is 0 Å².